The fourth-order valence-electron chi connectivity index (χ4n) is 2.79. The van der Waals surface area contributed by atoms with Gasteiger partial charge in [-0.05, 0) is 42.7 Å². The zero-order valence-electron chi connectivity index (χ0n) is 12.6. The van der Waals surface area contributed by atoms with E-state index in [1.807, 2.05) is 24.3 Å². The van der Waals surface area contributed by atoms with Crippen LogP contribution in [0.5, 0.6) is 0 Å². The lowest BCUT2D eigenvalue weighted by Crippen LogP contribution is -2.45. The molecule has 0 radical (unpaired) electrons. The minimum Gasteiger partial charge on any atom is -0.465 e. The number of hydrogen-bond acceptors (Lipinski definition) is 4. The highest BCUT2D eigenvalue weighted by Gasteiger charge is 2.45. The Morgan fingerprint density at radius 3 is 2.43 bits per heavy atom. The number of carbonyl (C=O) groups is 2. The molecule has 1 fully saturated rings. The number of halogens is 1. The molecule has 120 valence electrons. The number of nitrogens with one attached hydrogen (secondary N) is 1. The number of anilines is 1. The van der Waals surface area contributed by atoms with E-state index in [1.165, 1.54) is 18.4 Å². The summed E-state index contributed by atoms with van der Waals surface area (Å²) in [7, 11) is 1.34. The van der Waals surface area contributed by atoms with E-state index in [0.717, 1.165) is 29.3 Å². The quantitative estimate of drug-likeness (QED) is 0.785. The molecule has 0 atom stereocenters. The monoisotopic (exact) mass is 393 g/mol. The number of thiophene rings is 1. The van der Waals surface area contributed by atoms with Crippen molar-refractivity contribution in [1.82, 2.24) is 0 Å². The van der Waals surface area contributed by atoms with Crippen LogP contribution in [0.15, 0.2) is 40.9 Å². The van der Waals surface area contributed by atoms with Crippen molar-refractivity contribution < 1.29 is 14.3 Å². The molecule has 1 amide bonds. The minimum absolute atomic E-state index is 0.00987. The fourth-order valence-corrected chi connectivity index (χ4v) is 3.88. The number of rotatable bonds is 4. The smallest absolute Gasteiger partial charge is 0.348 e. The highest BCUT2D eigenvalue weighted by Crippen LogP contribution is 2.45. The van der Waals surface area contributed by atoms with Crippen LogP contribution in [0.1, 0.15) is 34.5 Å². The third-order valence-corrected chi connectivity index (χ3v) is 5.78. The molecule has 1 aliphatic rings. The van der Waals surface area contributed by atoms with Crippen molar-refractivity contribution in [2.24, 2.45) is 0 Å². The Hall–Kier alpha value is -1.66. The van der Waals surface area contributed by atoms with E-state index in [0.29, 0.717) is 9.88 Å². The van der Waals surface area contributed by atoms with Crippen LogP contribution >= 0.6 is 27.3 Å². The Labute approximate surface area is 147 Å². The summed E-state index contributed by atoms with van der Waals surface area (Å²) in [4.78, 5) is 24.8. The molecular weight excluding hydrogens is 378 g/mol. The number of benzene rings is 1. The first-order chi connectivity index (χ1) is 11.0. The number of amides is 1. The first-order valence-electron chi connectivity index (χ1n) is 7.31. The Bertz CT molecular complexity index is 735. The van der Waals surface area contributed by atoms with E-state index in [1.54, 1.807) is 12.1 Å². The van der Waals surface area contributed by atoms with E-state index in [4.69, 9.17) is 0 Å². The van der Waals surface area contributed by atoms with Crippen molar-refractivity contribution in [2.75, 3.05) is 12.4 Å². The molecule has 0 aliphatic heterocycles. The molecule has 0 bridgehead atoms. The van der Waals surface area contributed by atoms with Crippen LogP contribution in [-0.4, -0.2) is 19.0 Å². The second-order valence-electron chi connectivity index (χ2n) is 5.55. The van der Waals surface area contributed by atoms with Gasteiger partial charge in [0.15, 0.2) is 0 Å². The van der Waals surface area contributed by atoms with Gasteiger partial charge in [-0.3, -0.25) is 4.79 Å². The van der Waals surface area contributed by atoms with E-state index in [9.17, 15) is 9.59 Å². The molecule has 6 heteroatoms. The van der Waals surface area contributed by atoms with Crippen molar-refractivity contribution >= 4 is 44.1 Å². The van der Waals surface area contributed by atoms with Crippen LogP contribution in [0.25, 0.3) is 0 Å². The van der Waals surface area contributed by atoms with Crippen molar-refractivity contribution in [3.05, 3.63) is 51.3 Å². The Balaban J connectivity index is 1.79. The molecule has 1 aromatic carbocycles. The van der Waals surface area contributed by atoms with Crippen molar-refractivity contribution in [2.45, 2.75) is 24.7 Å². The van der Waals surface area contributed by atoms with Gasteiger partial charge in [0.2, 0.25) is 5.91 Å². The van der Waals surface area contributed by atoms with Crippen LogP contribution < -0.4 is 5.32 Å². The molecule has 0 saturated heterocycles. The minimum atomic E-state index is -0.462. The largest absolute Gasteiger partial charge is 0.465 e. The highest BCUT2D eigenvalue weighted by atomic mass is 79.9. The lowest BCUT2D eigenvalue weighted by molar-refractivity contribution is -0.124. The molecule has 2 aromatic rings. The summed E-state index contributed by atoms with van der Waals surface area (Å²) in [5, 5.41) is 3.62. The lowest BCUT2D eigenvalue weighted by atomic mass is 9.64. The molecule has 1 saturated carbocycles. The molecule has 1 aliphatic carbocycles. The highest BCUT2D eigenvalue weighted by molar-refractivity contribution is 9.10. The van der Waals surface area contributed by atoms with Crippen molar-refractivity contribution in [3.63, 3.8) is 0 Å². The van der Waals surface area contributed by atoms with Crippen LogP contribution in [0.4, 0.5) is 5.00 Å². The number of ether oxygens (including phenoxy) is 1. The molecule has 1 aromatic heterocycles. The third kappa shape index (κ3) is 3.05. The van der Waals surface area contributed by atoms with Crippen LogP contribution in [-0.2, 0) is 14.9 Å². The van der Waals surface area contributed by atoms with Crippen LogP contribution in [0.2, 0.25) is 0 Å². The second-order valence-corrected chi connectivity index (χ2v) is 7.55. The van der Waals surface area contributed by atoms with Crippen LogP contribution in [0.3, 0.4) is 0 Å². The lowest BCUT2D eigenvalue weighted by Gasteiger charge is -2.40. The molecule has 0 unspecified atom stereocenters. The molecule has 4 nitrogen and oxygen atoms in total. The molecule has 0 spiro atoms. The summed E-state index contributed by atoms with van der Waals surface area (Å²) in [6.45, 7) is 0. The number of methoxy groups -OCH3 is 1. The maximum absolute atomic E-state index is 12.8. The topological polar surface area (TPSA) is 55.4 Å². The molecule has 1 heterocycles. The molecule has 3 rings (SSSR count). The van der Waals surface area contributed by atoms with Gasteiger partial charge in [0.25, 0.3) is 0 Å². The average molecular weight is 394 g/mol. The normalized spacial score (nSPS) is 15.6. The van der Waals surface area contributed by atoms with E-state index in [-0.39, 0.29) is 11.9 Å². The third-order valence-electron chi connectivity index (χ3n) is 4.27. The Morgan fingerprint density at radius 1 is 1.17 bits per heavy atom. The summed E-state index contributed by atoms with van der Waals surface area (Å²) in [6, 6.07) is 11.3. The van der Waals surface area contributed by atoms with Gasteiger partial charge in [0.05, 0.1) is 17.5 Å². The summed E-state index contributed by atoms with van der Waals surface area (Å²) in [5.74, 6) is -0.397. The zero-order chi connectivity index (χ0) is 16.4. The SMILES string of the molecule is COC(=O)c1ccc(NC(=O)C2(c3ccc(Br)cc3)CCC2)s1. The number of hydrogen-bond donors (Lipinski definition) is 1. The Kier molecular flexibility index (Phi) is 4.55. The summed E-state index contributed by atoms with van der Waals surface area (Å²) >= 11 is 4.65. The first kappa shape index (κ1) is 16.2. The van der Waals surface area contributed by atoms with Gasteiger partial charge in [-0.15, -0.1) is 11.3 Å². The molecule has 23 heavy (non-hydrogen) atoms. The van der Waals surface area contributed by atoms with Gasteiger partial charge in [-0.2, -0.15) is 0 Å². The predicted octanol–water partition coefficient (Wildman–Crippen LogP) is 4.36. The fraction of sp³-hybridized carbons (Fsp3) is 0.294. The predicted molar refractivity (Wildman–Crippen MR) is 94.0 cm³/mol. The number of esters is 1. The van der Waals surface area contributed by atoms with Gasteiger partial charge >= 0.3 is 5.97 Å². The van der Waals surface area contributed by atoms with Crippen molar-refractivity contribution in [1.29, 1.82) is 0 Å². The number of carbonyl (C=O) groups excluding carboxylic acids is 2. The van der Waals surface area contributed by atoms with Gasteiger partial charge in [0, 0.05) is 4.47 Å². The van der Waals surface area contributed by atoms with Gasteiger partial charge in [0.1, 0.15) is 4.88 Å². The standard InChI is InChI=1S/C17H16BrNO3S/c1-22-15(20)13-7-8-14(23-13)19-16(21)17(9-2-10-17)11-3-5-12(18)6-4-11/h3-8H,2,9-10H2,1H3,(H,19,21). The zero-order valence-corrected chi connectivity index (χ0v) is 15.0. The Morgan fingerprint density at radius 2 is 1.87 bits per heavy atom. The summed E-state index contributed by atoms with van der Waals surface area (Å²) in [6.07, 6.45) is 2.73. The van der Waals surface area contributed by atoms with Crippen molar-refractivity contribution in [3.8, 4) is 0 Å². The van der Waals surface area contributed by atoms with E-state index >= 15 is 0 Å². The van der Waals surface area contributed by atoms with Gasteiger partial charge in [-0.1, -0.05) is 34.5 Å². The van der Waals surface area contributed by atoms with Gasteiger partial charge < -0.3 is 10.1 Å². The first-order valence-corrected chi connectivity index (χ1v) is 8.92. The van der Waals surface area contributed by atoms with E-state index in [2.05, 4.69) is 26.0 Å². The summed E-state index contributed by atoms with van der Waals surface area (Å²) < 4.78 is 5.69. The van der Waals surface area contributed by atoms with E-state index < -0.39 is 5.41 Å². The maximum Gasteiger partial charge on any atom is 0.348 e. The molecule has 1 N–H and O–H groups in total. The second kappa shape index (κ2) is 6.45. The van der Waals surface area contributed by atoms with Crippen LogP contribution in [0, 0.1) is 0 Å². The maximum atomic E-state index is 12.8. The summed E-state index contributed by atoms with van der Waals surface area (Å²) in [5.41, 5.74) is 0.574. The molecular formula is C17H16BrNO3S. The average Bonchev–Trinajstić information content (AvgIpc) is 2.95. The van der Waals surface area contributed by atoms with Gasteiger partial charge in [-0.25, -0.2) is 4.79 Å².